The molecule has 2 heterocycles. The number of nitrogens with zero attached hydrogens (tertiary/aromatic N) is 1. The van der Waals surface area contributed by atoms with E-state index in [2.05, 4.69) is 65.2 Å². The third-order valence-corrected chi connectivity index (χ3v) is 5.30. The Morgan fingerprint density at radius 2 is 2.10 bits per heavy atom. The molecule has 4 heteroatoms. The maximum Gasteiger partial charge on any atom is 0.0924 e. The highest BCUT2D eigenvalue weighted by molar-refractivity contribution is 7.99. The fourth-order valence-electron chi connectivity index (χ4n) is 2.75. The molecule has 1 aliphatic heterocycles. The van der Waals surface area contributed by atoms with Gasteiger partial charge in [0.15, 0.2) is 0 Å². The molecule has 106 valence electrons. The van der Waals surface area contributed by atoms with Crippen molar-refractivity contribution in [2.24, 2.45) is 5.41 Å². The lowest BCUT2D eigenvalue weighted by atomic mass is 9.88. The number of anilines is 1. The Morgan fingerprint density at radius 1 is 1.30 bits per heavy atom. The first-order chi connectivity index (χ1) is 9.62. The van der Waals surface area contributed by atoms with Crippen molar-refractivity contribution in [2.75, 3.05) is 16.8 Å². The molecule has 1 aromatic carbocycles. The Hall–Kier alpha value is -1.42. The summed E-state index contributed by atoms with van der Waals surface area (Å²) in [4.78, 5) is 7.19. The molecule has 2 N–H and O–H groups in total. The average molecular weight is 287 g/mol. The molecule has 1 fully saturated rings. The van der Waals surface area contributed by atoms with Gasteiger partial charge in [-0.05, 0) is 35.3 Å². The Labute approximate surface area is 124 Å². The number of benzene rings is 1. The first kappa shape index (κ1) is 13.6. The van der Waals surface area contributed by atoms with E-state index < -0.39 is 0 Å². The van der Waals surface area contributed by atoms with Crippen molar-refractivity contribution in [1.29, 1.82) is 0 Å². The molecule has 1 saturated heterocycles. The van der Waals surface area contributed by atoms with Crippen molar-refractivity contribution in [1.82, 2.24) is 9.97 Å². The summed E-state index contributed by atoms with van der Waals surface area (Å²) >= 11 is 2.05. The fraction of sp³-hybridized carbons (Fsp3) is 0.438. The molecule has 2 aromatic rings. The normalized spacial score (nSPS) is 21.6. The Kier molecular flexibility index (Phi) is 3.74. The van der Waals surface area contributed by atoms with E-state index in [0.717, 1.165) is 5.69 Å². The third-order valence-electron chi connectivity index (χ3n) is 3.68. The number of H-pyrrole nitrogens is 1. The van der Waals surface area contributed by atoms with Crippen LogP contribution in [-0.2, 0) is 0 Å². The highest BCUT2D eigenvalue weighted by Gasteiger charge is 2.28. The van der Waals surface area contributed by atoms with Gasteiger partial charge in [-0.2, -0.15) is 11.8 Å². The topological polar surface area (TPSA) is 40.7 Å². The number of hydrogen-bond acceptors (Lipinski definition) is 3. The maximum atomic E-state index is 4.06. The Morgan fingerprint density at radius 3 is 2.75 bits per heavy atom. The van der Waals surface area contributed by atoms with Crippen LogP contribution in [0.25, 0.3) is 11.3 Å². The number of thioether (sulfide) groups is 1. The summed E-state index contributed by atoms with van der Waals surface area (Å²) < 4.78 is 0. The van der Waals surface area contributed by atoms with Gasteiger partial charge in [0.25, 0.3) is 0 Å². The van der Waals surface area contributed by atoms with Crippen LogP contribution < -0.4 is 5.32 Å². The van der Waals surface area contributed by atoms with E-state index >= 15 is 0 Å². The molecule has 0 saturated carbocycles. The van der Waals surface area contributed by atoms with Crippen LogP contribution in [0.1, 0.15) is 20.3 Å². The van der Waals surface area contributed by atoms with Crippen LogP contribution >= 0.6 is 11.8 Å². The third kappa shape index (κ3) is 3.18. The molecule has 1 unspecified atom stereocenters. The monoisotopic (exact) mass is 287 g/mol. The number of aromatic nitrogens is 2. The van der Waals surface area contributed by atoms with E-state index in [1.807, 2.05) is 6.20 Å². The SMILES string of the molecule is CC1(C)CSCC(Nc2ccc(-c3cnc[nH]3)cc2)C1. The van der Waals surface area contributed by atoms with Gasteiger partial charge in [-0.15, -0.1) is 0 Å². The van der Waals surface area contributed by atoms with E-state index in [4.69, 9.17) is 0 Å². The maximum absolute atomic E-state index is 4.06. The smallest absolute Gasteiger partial charge is 0.0924 e. The lowest BCUT2D eigenvalue weighted by Gasteiger charge is -2.35. The van der Waals surface area contributed by atoms with Gasteiger partial charge in [0, 0.05) is 17.5 Å². The first-order valence-electron chi connectivity index (χ1n) is 7.05. The molecular weight excluding hydrogens is 266 g/mol. The summed E-state index contributed by atoms with van der Waals surface area (Å²) in [5.41, 5.74) is 3.88. The molecule has 20 heavy (non-hydrogen) atoms. The summed E-state index contributed by atoms with van der Waals surface area (Å²) in [5.74, 6) is 2.47. The molecule has 0 aliphatic carbocycles. The van der Waals surface area contributed by atoms with Crippen LogP contribution in [0, 0.1) is 5.41 Å². The van der Waals surface area contributed by atoms with Crippen molar-refractivity contribution in [3.63, 3.8) is 0 Å². The minimum atomic E-state index is 0.441. The van der Waals surface area contributed by atoms with Gasteiger partial charge in [-0.3, -0.25) is 0 Å². The second-order valence-electron chi connectivity index (χ2n) is 6.27. The van der Waals surface area contributed by atoms with E-state index in [1.165, 1.54) is 29.2 Å². The van der Waals surface area contributed by atoms with Gasteiger partial charge in [0.2, 0.25) is 0 Å². The van der Waals surface area contributed by atoms with Gasteiger partial charge in [-0.1, -0.05) is 26.0 Å². The van der Waals surface area contributed by atoms with E-state index in [0.29, 0.717) is 11.5 Å². The molecule has 1 atom stereocenters. The Balaban J connectivity index is 1.66. The number of hydrogen-bond donors (Lipinski definition) is 2. The first-order valence-corrected chi connectivity index (χ1v) is 8.21. The minimum absolute atomic E-state index is 0.441. The molecule has 0 bridgehead atoms. The predicted molar refractivity (Wildman–Crippen MR) is 87.2 cm³/mol. The zero-order valence-electron chi connectivity index (χ0n) is 12.0. The van der Waals surface area contributed by atoms with Crippen LogP contribution in [0.15, 0.2) is 36.8 Å². The van der Waals surface area contributed by atoms with Gasteiger partial charge < -0.3 is 10.3 Å². The molecule has 1 aliphatic rings. The molecular formula is C16H21N3S. The van der Waals surface area contributed by atoms with Crippen molar-refractivity contribution in [3.8, 4) is 11.3 Å². The minimum Gasteiger partial charge on any atom is -0.381 e. The zero-order valence-corrected chi connectivity index (χ0v) is 12.8. The number of imidazole rings is 1. The molecule has 3 nitrogen and oxygen atoms in total. The zero-order chi connectivity index (χ0) is 14.0. The van der Waals surface area contributed by atoms with Crippen molar-refractivity contribution < 1.29 is 0 Å². The van der Waals surface area contributed by atoms with Crippen LogP contribution in [0.3, 0.4) is 0 Å². The standard InChI is InChI=1S/C16H21N3S/c1-16(2)7-14(9-20-10-16)19-13-5-3-12(4-6-13)15-8-17-11-18-15/h3-6,8,11,14,19H,7,9-10H2,1-2H3,(H,17,18). The largest absolute Gasteiger partial charge is 0.381 e. The lowest BCUT2D eigenvalue weighted by molar-refractivity contribution is 0.358. The molecule has 3 rings (SSSR count). The van der Waals surface area contributed by atoms with Crippen LogP contribution in [0.2, 0.25) is 0 Å². The average Bonchev–Trinajstić information content (AvgIpc) is 2.92. The highest BCUT2D eigenvalue weighted by Crippen LogP contribution is 2.34. The quantitative estimate of drug-likeness (QED) is 0.895. The number of nitrogens with one attached hydrogen (secondary N) is 2. The molecule has 1 aromatic heterocycles. The van der Waals surface area contributed by atoms with E-state index in [1.54, 1.807) is 6.33 Å². The lowest BCUT2D eigenvalue weighted by Crippen LogP contribution is -2.35. The van der Waals surface area contributed by atoms with Gasteiger partial charge >= 0.3 is 0 Å². The van der Waals surface area contributed by atoms with Gasteiger partial charge in [0.1, 0.15) is 0 Å². The van der Waals surface area contributed by atoms with Gasteiger partial charge in [0.05, 0.1) is 18.2 Å². The number of rotatable bonds is 3. The van der Waals surface area contributed by atoms with Crippen molar-refractivity contribution in [3.05, 3.63) is 36.8 Å². The van der Waals surface area contributed by atoms with E-state index in [9.17, 15) is 0 Å². The molecule has 0 amide bonds. The summed E-state index contributed by atoms with van der Waals surface area (Å²) in [7, 11) is 0. The Bertz CT molecular complexity index is 546. The fourth-order valence-corrected chi connectivity index (χ4v) is 4.02. The predicted octanol–water partition coefficient (Wildman–Crippen LogP) is 4.02. The summed E-state index contributed by atoms with van der Waals surface area (Å²) in [6, 6.07) is 9.15. The van der Waals surface area contributed by atoms with Crippen molar-refractivity contribution in [2.45, 2.75) is 26.3 Å². The molecule has 0 spiro atoms. The summed E-state index contributed by atoms with van der Waals surface area (Å²) in [5, 5.41) is 3.66. The summed E-state index contributed by atoms with van der Waals surface area (Å²) in [6.07, 6.45) is 4.80. The summed E-state index contributed by atoms with van der Waals surface area (Å²) in [6.45, 7) is 4.71. The molecule has 0 radical (unpaired) electrons. The second-order valence-corrected chi connectivity index (χ2v) is 7.30. The van der Waals surface area contributed by atoms with E-state index in [-0.39, 0.29) is 0 Å². The number of aromatic amines is 1. The highest BCUT2D eigenvalue weighted by atomic mass is 32.2. The van der Waals surface area contributed by atoms with Gasteiger partial charge in [-0.25, -0.2) is 4.98 Å². The van der Waals surface area contributed by atoms with Crippen LogP contribution in [-0.4, -0.2) is 27.5 Å². The van der Waals surface area contributed by atoms with Crippen LogP contribution in [0.5, 0.6) is 0 Å². The van der Waals surface area contributed by atoms with Crippen LogP contribution in [0.4, 0.5) is 5.69 Å². The second kappa shape index (κ2) is 5.52. The van der Waals surface area contributed by atoms with Crippen molar-refractivity contribution >= 4 is 17.4 Å².